The molecule has 0 saturated carbocycles. The van der Waals surface area contributed by atoms with Crippen molar-refractivity contribution in [3.63, 3.8) is 0 Å². The van der Waals surface area contributed by atoms with Crippen LogP contribution in [0.2, 0.25) is 0 Å². The topological polar surface area (TPSA) is 81.7 Å². The van der Waals surface area contributed by atoms with Gasteiger partial charge in [-0.1, -0.05) is 13.8 Å². The SMILES string of the molecule is CC(=O)Nc1ccc(C(=O)NCC(C(C)C)N2CCCC2)c(O)c1. The van der Waals surface area contributed by atoms with Gasteiger partial charge in [0.15, 0.2) is 0 Å². The van der Waals surface area contributed by atoms with Crippen molar-refractivity contribution in [3.05, 3.63) is 23.8 Å². The van der Waals surface area contributed by atoms with Gasteiger partial charge in [0.05, 0.1) is 5.56 Å². The molecule has 0 aromatic heterocycles. The first-order valence-corrected chi connectivity index (χ1v) is 8.51. The van der Waals surface area contributed by atoms with Crippen molar-refractivity contribution in [2.24, 2.45) is 5.92 Å². The fourth-order valence-corrected chi connectivity index (χ4v) is 3.16. The molecule has 0 aliphatic carbocycles. The summed E-state index contributed by atoms with van der Waals surface area (Å²) in [6.07, 6.45) is 2.42. The maximum absolute atomic E-state index is 12.4. The van der Waals surface area contributed by atoms with E-state index in [9.17, 15) is 14.7 Å². The highest BCUT2D eigenvalue weighted by molar-refractivity contribution is 5.98. The number of phenolic OH excluding ortho intramolecular Hbond substituents is 1. The van der Waals surface area contributed by atoms with Crippen LogP contribution in [0.25, 0.3) is 0 Å². The van der Waals surface area contributed by atoms with E-state index in [4.69, 9.17) is 0 Å². The number of hydrogen-bond acceptors (Lipinski definition) is 4. The quantitative estimate of drug-likeness (QED) is 0.745. The molecule has 1 aliphatic heterocycles. The molecule has 1 fully saturated rings. The predicted octanol–water partition coefficient (Wildman–Crippen LogP) is 2.20. The third-order valence-corrected chi connectivity index (χ3v) is 4.41. The Balaban J connectivity index is 1.99. The van der Waals surface area contributed by atoms with Gasteiger partial charge in [-0.3, -0.25) is 14.5 Å². The summed E-state index contributed by atoms with van der Waals surface area (Å²) in [5, 5.41) is 15.5. The van der Waals surface area contributed by atoms with Crippen LogP contribution >= 0.6 is 0 Å². The zero-order valence-corrected chi connectivity index (χ0v) is 14.6. The Labute approximate surface area is 143 Å². The summed E-state index contributed by atoms with van der Waals surface area (Å²) in [5.74, 6) is -0.219. The van der Waals surface area contributed by atoms with E-state index in [2.05, 4.69) is 29.4 Å². The predicted molar refractivity (Wildman–Crippen MR) is 94.2 cm³/mol. The standard InChI is InChI=1S/C18H27N3O3/c1-12(2)16(21-8-4-5-9-21)11-19-18(24)15-7-6-14(10-17(15)23)20-13(3)22/h6-7,10,12,16,23H,4-5,8-9,11H2,1-3H3,(H,19,24)(H,20,22). The smallest absolute Gasteiger partial charge is 0.255 e. The molecular formula is C18H27N3O3. The van der Waals surface area contributed by atoms with E-state index in [1.807, 2.05) is 0 Å². The highest BCUT2D eigenvalue weighted by atomic mass is 16.3. The van der Waals surface area contributed by atoms with Crippen LogP contribution in [0.1, 0.15) is 44.0 Å². The lowest BCUT2D eigenvalue weighted by atomic mass is 10.0. The van der Waals surface area contributed by atoms with Crippen molar-refractivity contribution >= 4 is 17.5 Å². The van der Waals surface area contributed by atoms with Crippen molar-refractivity contribution in [2.75, 3.05) is 25.0 Å². The van der Waals surface area contributed by atoms with Gasteiger partial charge in [0.25, 0.3) is 5.91 Å². The van der Waals surface area contributed by atoms with E-state index in [0.29, 0.717) is 24.2 Å². The molecule has 1 atom stereocenters. The minimum Gasteiger partial charge on any atom is -0.507 e. The lowest BCUT2D eigenvalue weighted by Gasteiger charge is -2.31. The van der Waals surface area contributed by atoms with E-state index in [0.717, 1.165) is 13.1 Å². The molecule has 132 valence electrons. The van der Waals surface area contributed by atoms with E-state index in [1.165, 1.54) is 31.9 Å². The monoisotopic (exact) mass is 333 g/mol. The van der Waals surface area contributed by atoms with Crippen molar-refractivity contribution in [2.45, 2.75) is 39.7 Å². The number of phenols is 1. The van der Waals surface area contributed by atoms with Crippen LogP contribution < -0.4 is 10.6 Å². The van der Waals surface area contributed by atoms with Crippen LogP contribution in [-0.4, -0.2) is 47.5 Å². The van der Waals surface area contributed by atoms with Gasteiger partial charge in [-0.2, -0.15) is 0 Å². The van der Waals surface area contributed by atoms with Crippen LogP contribution in [0.5, 0.6) is 5.75 Å². The third-order valence-electron chi connectivity index (χ3n) is 4.41. The number of likely N-dealkylation sites (tertiary alicyclic amines) is 1. The van der Waals surface area contributed by atoms with Gasteiger partial charge < -0.3 is 15.7 Å². The van der Waals surface area contributed by atoms with E-state index >= 15 is 0 Å². The van der Waals surface area contributed by atoms with Crippen LogP contribution in [0.4, 0.5) is 5.69 Å². The molecule has 2 amide bonds. The Morgan fingerprint density at radius 3 is 2.46 bits per heavy atom. The molecule has 0 spiro atoms. The minimum absolute atomic E-state index is 0.138. The number of anilines is 1. The molecule has 3 N–H and O–H groups in total. The molecule has 0 radical (unpaired) electrons. The molecule has 6 nitrogen and oxygen atoms in total. The Hall–Kier alpha value is -2.08. The average Bonchev–Trinajstić information content (AvgIpc) is 3.00. The van der Waals surface area contributed by atoms with Crippen LogP contribution in [0.15, 0.2) is 18.2 Å². The summed E-state index contributed by atoms with van der Waals surface area (Å²) in [5.41, 5.74) is 0.682. The third kappa shape index (κ3) is 4.71. The normalized spacial score (nSPS) is 16.2. The maximum Gasteiger partial charge on any atom is 0.255 e. The first kappa shape index (κ1) is 18.3. The number of carbonyl (C=O) groups is 2. The summed E-state index contributed by atoms with van der Waals surface area (Å²) in [4.78, 5) is 25.8. The molecule has 0 bridgehead atoms. The fraction of sp³-hybridized carbons (Fsp3) is 0.556. The second-order valence-electron chi connectivity index (χ2n) is 6.68. The lowest BCUT2D eigenvalue weighted by molar-refractivity contribution is -0.114. The van der Waals surface area contributed by atoms with Gasteiger partial charge >= 0.3 is 0 Å². The number of nitrogens with one attached hydrogen (secondary N) is 2. The van der Waals surface area contributed by atoms with Gasteiger partial charge in [-0.25, -0.2) is 0 Å². The molecule has 1 saturated heterocycles. The zero-order chi connectivity index (χ0) is 17.7. The summed E-state index contributed by atoms with van der Waals surface area (Å²) < 4.78 is 0. The highest BCUT2D eigenvalue weighted by Crippen LogP contribution is 2.22. The molecule has 1 aliphatic rings. The molecule has 2 rings (SSSR count). The van der Waals surface area contributed by atoms with E-state index in [-0.39, 0.29) is 23.1 Å². The number of aromatic hydroxyl groups is 1. The van der Waals surface area contributed by atoms with Crippen LogP contribution in [0.3, 0.4) is 0 Å². The Morgan fingerprint density at radius 2 is 1.92 bits per heavy atom. The number of amides is 2. The van der Waals surface area contributed by atoms with Crippen molar-refractivity contribution < 1.29 is 14.7 Å². The molecule has 1 heterocycles. The molecular weight excluding hydrogens is 306 g/mol. The Morgan fingerprint density at radius 1 is 1.25 bits per heavy atom. The zero-order valence-electron chi connectivity index (χ0n) is 14.6. The van der Waals surface area contributed by atoms with Gasteiger partial charge in [0.2, 0.25) is 5.91 Å². The number of hydrogen-bond donors (Lipinski definition) is 3. The first-order chi connectivity index (χ1) is 11.4. The van der Waals surface area contributed by atoms with E-state index < -0.39 is 0 Å². The van der Waals surface area contributed by atoms with Gasteiger partial charge in [-0.05, 0) is 44.0 Å². The summed E-state index contributed by atoms with van der Waals surface area (Å²) in [7, 11) is 0. The highest BCUT2D eigenvalue weighted by Gasteiger charge is 2.25. The summed E-state index contributed by atoms with van der Waals surface area (Å²) >= 11 is 0. The number of carbonyl (C=O) groups excluding carboxylic acids is 2. The first-order valence-electron chi connectivity index (χ1n) is 8.51. The molecule has 1 aromatic carbocycles. The van der Waals surface area contributed by atoms with Crippen LogP contribution in [0, 0.1) is 5.92 Å². The van der Waals surface area contributed by atoms with Crippen molar-refractivity contribution in [1.29, 1.82) is 0 Å². The van der Waals surface area contributed by atoms with Crippen LogP contribution in [-0.2, 0) is 4.79 Å². The van der Waals surface area contributed by atoms with Gasteiger partial charge in [-0.15, -0.1) is 0 Å². The van der Waals surface area contributed by atoms with Crippen molar-refractivity contribution in [3.8, 4) is 5.75 Å². The molecule has 24 heavy (non-hydrogen) atoms. The Kier molecular flexibility index (Phi) is 6.20. The molecule has 1 unspecified atom stereocenters. The second-order valence-corrected chi connectivity index (χ2v) is 6.68. The Bertz CT molecular complexity index is 595. The second kappa shape index (κ2) is 8.15. The lowest BCUT2D eigenvalue weighted by Crippen LogP contribution is -2.45. The fourth-order valence-electron chi connectivity index (χ4n) is 3.16. The largest absolute Gasteiger partial charge is 0.507 e. The number of benzene rings is 1. The average molecular weight is 333 g/mol. The molecule has 6 heteroatoms. The minimum atomic E-state index is -0.299. The number of nitrogens with zero attached hydrogens (tertiary/aromatic N) is 1. The maximum atomic E-state index is 12.4. The summed E-state index contributed by atoms with van der Waals surface area (Å²) in [6, 6.07) is 4.82. The molecule has 1 aromatic rings. The van der Waals surface area contributed by atoms with Crippen molar-refractivity contribution in [1.82, 2.24) is 10.2 Å². The van der Waals surface area contributed by atoms with Gasteiger partial charge in [0.1, 0.15) is 5.75 Å². The number of rotatable bonds is 6. The van der Waals surface area contributed by atoms with Gasteiger partial charge in [0, 0.05) is 31.3 Å². The van der Waals surface area contributed by atoms with E-state index in [1.54, 1.807) is 6.07 Å². The summed E-state index contributed by atoms with van der Waals surface area (Å²) in [6.45, 7) is 8.43.